The van der Waals surface area contributed by atoms with Crippen LogP contribution in [0.5, 0.6) is 0 Å². The van der Waals surface area contributed by atoms with Crippen LogP contribution in [0.1, 0.15) is 18.1 Å². The second kappa shape index (κ2) is 6.40. The molecule has 3 rings (SSSR count). The number of hydrogen-bond acceptors (Lipinski definition) is 4. The van der Waals surface area contributed by atoms with Crippen LogP contribution in [0.15, 0.2) is 47.4 Å². The lowest BCUT2D eigenvalue weighted by Crippen LogP contribution is -2.22. The van der Waals surface area contributed by atoms with E-state index in [1.807, 2.05) is 19.1 Å². The molecule has 0 amide bonds. The zero-order chi connectivity index (χ0) is 16.4. The van der Waals surface area contributed by atoms with Gasteiger partial charge in [-0.05, 0) is 36.2 Å². The first kappa shape index (κ1) is 15.5. The van der Waals surface area contributed by atoms with Gasteiger partial charge < -0.3 is 10.4 Å². The summed E-state index contributed by atoms with van der Waals surface area (Å²) in [6.07, 6.45) is 2.41. The topological polar surface area (TPSA) is 66.6 Å². The molecule has 0 bridgehead atoms. The average Bonchev–Trinajstić information content (AvgIpc) is 2.55. The zero-order valence-electron chi connectivity index (χ0n) is 12.6. The van der Waals surface area contributed by atoms with Gasteiger partial charge in [-0.2, -0.15) is 0 Å². The number of fused-ring (bicyclic) bond motifs is 1. The average molecular weight is 330 g/mol. The molecular weight excluding hydrogens is 314 g/mol. The number of hydrogen-bond donors (Lipinski definition) is 2. The highest BCUT2D eigenvalue weighted by Crippen LogP contribution is 2.21. The van der Waals surface area contributed by atoms with Crippen molar-refractivity contribution in [3.8, 4) is 0 Å². The third-order valence-corrected chi connectivity index (χ3v) is 3.89. The van der Waals surface area contributed by atoms with Gasteiger partial charge in [-0.15, -0.1) is 0 Å². The van der Waals surface area contributed by atoms with Crippen LogP contribution in [-0.4, -0.2) is 14.5 Å². The van der Waals surface area contributed by atoms with Gasteiger partial charge >= 0.3 is 0 Å². The fourth-order valence-corrected chi connectivity index (χ4v) is 2.67. The summed E-state index contributed by atoms with van der Waals surface area (Å²) in [5.74, 6) is 0.348. The molecule has 5 nitrogen and oxygen atoms in total. The molecule has 2 N–H and O–H groups in total. The molecular formula is C17H16ClN3O2. The van der Waals surface area contributed by atoms with E-state index in [1.54, 1.807) is 30.5 Å². The predicted molar refractivity (Wildman–Crippen MR) is 91.5 cm³/mol. The van der Waals surface area contributed by atoms with Crippen molar-refractivity contribution in [1.29, 1.82) is 0 Å². The SMILES string of the molecule is CCc1cccn2c(=O)c(CO)c(Nc3cccc(Cl)c3)nc12. The van der Waals surface area contributed by atoms with Crippen LogP contribution in [0.3, 0.4) is 0 Å². The molecule has 1 aromatic carbocycles. The molecule has 0 atom stereocenters. The minimum Gasteiger partial charge on any atom is -0.391 e. The fourth-order valence-electron chi connectivity index (χ4n) is 2.48. The summed E-state index contributed by atoms with van der Waals surface area (Å²) in [6, 6.07) is 10.9. The first-order valence-electron chi connectivity index (χ1n) is 7.30. The van der Waals surface area contributed by atoms with Gasteiger partial charge in [0.25, 0.3) is 5.56 Å². The maximum atomic E-state index is 12.6. The van der Waals surface area contributed by atoms with Crippen molar-refractivity contribution in [2.45, 2.75) is 20.0 Å². The molecule has 118 valence electrons. The molecule has 3 aromatic rings. The molecule has 2 aromatic heterocycles. The van der Waals surface area contributed by atoms with Gasteiger partial charge in [0, 0.05) is 16.9 Å². The lowest BCUT2D eigenvalue weighted by molar-refractivity contribution is 0.280. The Labute approximate surface area is 138 Å². The third-order valence-electron chi connectivity index (χ3n) is 3.65. The maximum Gasteiger partial charge on any atom is 0.265 e. The second-order valence-corrected chi connectivity index (χ2v) is 5.55. The molecule has 0 radical (unpaired) electrons. The van der Waals surface area contributed by atoms with E-state index in [-0.39, 0.29) is 11.1 Å². The van der Waals surface area contributed by atoms with Gasteiger partial charge in [-0.3, -0.25) is 9.20 Å². The molecule has 0 aliphatic rings. The highest BCUT2D eigenvalue weighted by Gasteiger charge is 2.14. The van der Waals surface area contributed by atoms with Crippen LogP contribution in [0.2, 0.25) is 5.02 Å². The number of benzene rings is 1. The Hall–Kier alpha value is -2.37. The van der Waals surface area contributed by atoms with Crippen LogP contribution in [0.25, 0.3) is 5.65 Å². The van der Waals surface area contributed by atoms with Crippen molar-refractivity contribution in [3.05, 3.63) is 69.1 Å². The highest BCUT2D eigenvalue weighted by atomic mass is 35.5. The van der Waals surface area contributed by atoms with Crippen LogP contribution in [0, 0.1) is 0 Å². The third kappa shape index (κ3) is 2.93. The molecule has 0 unspecified atom stereocenters. The quantitative estimate of drug-likeness (QED) is 0.771. The summed E-state index contributed by atoms with van der Waals surface area (Å²) < 4.78 is 1.47. The minimum atomic E-state index is -0.395. The number of nitrogens with zero attached hydrogens (tertiary/aromatic N) is 2. The molecule has 0 aliphatic heterocycles. The molecule has 23 heavy (non-hydrogen) atoms. The number of aryl methyl sites for hydroxylation is 1. The summed E-state index contributed by atoms with van der Waals surface area (Å²) in [6.45, 7) is 1.61. The monoisotopic (exact) mass is 329 g/mol. The highest BCUT2D eigenvalue weighted by molar-refractivity contribution is 6.30. The number of halogens is 1. The standard InChI is InChI=1S/C17H16ClN3O2/c1-2-11-5-4-8-21-16(11)20-15(14(10-22)17(21)23)19-13-7-3-6-12(18)9-13/h3-9,19,22H,2,10H2,1H3. The van der Waals surface area contributed by atoms with Crippen LogP contribution >= 0.6 is 11.6 Å². The largest absolute Gasteiger partial charge is 0.391 e. The number of aliphatic hydroxyl groups excluding tert-OH is 1. The molecule has 0 aliphatic carbocycles. The summed E-state index contributed by atoms with van der Waals surface area (Å²) in [5, 5.41) is 13.3. The summed E-state index contributed by atoms with van der Waals surface area (Å²) >= 11 is 5.98. The Balaban J connectivity index is 2.21. The molecule has 0 fully saturated rings. The summed E-state index contributed by atoms with van der Waals surface area (Å²) in [7, 11) is 0. The van der Waals surface area contributed by atoms with E-state index >= 15 is 0 Å². The number of nitrogens with one attached hydrogen (secondary N) is 1. The van der Waals surface area contributed by atoms with Crippen molar-refractivity contribution in [2.75, 3.05) is 5.32 Å². The van der Waals surface area contributed by atoms with Crippen molar-refractivity contribution in [3.63, 3.8) is 0 Å². The van der Waals surface area contributed by atoms with Gasteiger partial charge in [0.2, 0.25) is 0 Å². The maximum absolute atomic E-state index is 12.6. The van der Waals surface area contributed by atoms with Crippen molar-refractivity contribution < 1.29 is 5.11 Å². The Morgan fingerprint density at radius 1 is 1.30 bits per heavy atom. The lowest BCUT2D eigenvalue weighted by atomic mass is 10.2. The molecule has 0 saturated carbocycles. The van der Waals surface area contributed by atoms with E-state index in [1.165, 1.54) is 4.40 Å². The zero-order valence-corrected chi connectivity index (χ0v) is 13.3. The Bertz CT molecular complexity index is 921. The summed E-state index contributed by atoms with van der Waals surface area (Å²) in [4.78, 5) is 17.2. The van der Waals surface area contributed by atoms with Crippen molar-refractivity contribution in [2.24, 2.45) is 0 Å². The Kier molecular flexibility index (Phi) is 4.32. The van der Waals surface area contributed by atoms with Crippen molar-refractivity contribution >= 4 is 28.8 Å². The smallest absolute Gasteiger partial charge is 0.265 e. The van der Waals surface area contributed by atoms with E-state index in [2.05, 4.69) is 10.3 Å². The van der Waals surface area contributed by atoms with Gasteiger partial charge in [0.15, 0.2) is 0 Å². The van der Waals surface area contributed by atoms with Gasteiger partial charge in [-0.1, -0.05) is 30.7 Å². The summed E-state index contributed by atoms with van der Waals surface area (Å²) in [5.41, 5.74) is 2.19. The van der Waals surface area contributed by atoms with Gasteiger partial charge in [0.1, 0.15) is 11.5 Å². The number of aromatic nitrogens is 2. The first-order valence-corrected chi connectivity index (χ1v) is 7.68. The van der Waals surface area contributed by atoms with Crippen LogP contribution in [0.4, 0.5) is 11.5 Å². The number of pyridine rings is 1. The second-order valence-electron chi connectivity index (χ2n) is 5.12. The molecule has 0 spiro atoms. The first-order chi connectivity index (χ1) is 11.1. The Morgan fingerprint density at radius 3 is 2.83 bits per heavy atom. The van der Waals surface area contributed by atoms with Crippen LogP contribution in [-0.2, 0) is 13.0 Å². The number of rotatable bonds is 4. The lowest BCUT2D eigenvalue weighted by Gasteiger charge is -2.13. The van der Waals surface area contributed by atoms with E-state index in [4.69, 9.17) is 11.6 Å². The molecule has 6 heteroatoms. The number of anilines is 2. The fraction of sp³-hybridized carbons (Fsp3) is 0.176. The molecule has 2 heterocycles. The Morgan fingerprint density at radius 2 is 2.13 bits per heavy atom. The van der Waals surface area contributed by atoms with E-state index in [0.29, 0.717) is 22.2 Å². The van der Waals surface area contributed by atoms with Crippen molar-refractivity contribution in [1.82, 2.24) is 9.38 Å². The van der Waals surface area contributed by atoms with E-state index < -0.39 is 6.61 Å². The van der Waals surface area contributed by atoms with E-state index in [0.717, 1.165) is 12.0 Å². The van der Waals surface area contributed by atoms with E-state index in [9.17, 15) is 9.90 Å². The molecule has 0 saturated heterocycles. The van der Waals surface area contributed by atoms with Gasteiger partial charge in [-0.25, -0.2) is 4.98 Å². The number of aliphatic hydroxyl groups is 1. The predicted octanol–water partition coefficient (Wildman–Crippen LogP) is 3.15. The van der Waals surface area contributed by atoms with Gasteiger partial charge in [0.05, 0.1) is 12.2 Å². The normalized spacial score (nSPS) is 10.9. The van der Waals surface area contributed by atoms with Crippen LogP contribution < -0.4 is 10.9 Å². The minimum absolute atomic E-state index is 0.218.